The third-order valence-corrected chi connectivity index (χ3v) is 4.01. The van der Waals surface area contributed by atoms with Crippen LogP contribution < -0.4 is 15.8 Å². The van der Waals surface area contributed by atoms with Crippen LogP contribution in [0.3, 0.4) is 0 Å². The van der Waals surface area contributed by atoms with Crippen LogP contribution in [0, 0.1) is 0 Å². The summed E-state index contributed by atoms with van der Waals surface area (Å²) in [5, 5.41) is 2.72. The Bertz CT molecular complexity index is 568. The van der Waals surface area contributed by atoms with Gasteiger partial charge >= 0.3 is 5.97 Å². The maximum absolute atomic E-state index is 12.3. The molecule has 1 aromatic rings. The van der Waals surface area contributed by atoms with Crippen LogP contribution in [0.15, 0.2) is 18.2 Å². The first-order valence-electron chi connectivity index (χ1n) is 8.60. The number of carbonyl (C=O) groups excluding carboxylic acids is 2. The van der Waals surface area contributed by atoms with Gasteiger partial charge in [0.25, 0.3) is 5.91 Å². The van der Waals surface area contributed by atoms with Crippen molar-refractivity contribution in [2.24, 2.45) is 0 Å². The third kappa shape index (κ3) is 5.44. The average molecular weight is 334 g/mol. The number of carbonyl (C=O) groups is 2. The molecule has 3 N–H and O–H groups in total. The molecule has 0 aliphatic heterocycles. The van der Waals surface area contributed by atoms with Crippen molar-refractivity contribution in [1.82, 2.24) is 5.32 Å². The molecule has 0 spiro atoms. The number of nitrogens with two attached hydrogens (primary N) is 1. The van der Waals surface area contributed by atoms with Gasteiger partial charge in [-0.15, -0.1) is 0 Å². The maximum Gasteiger partial charge on any atom is 0.338 e. The van der Waals surface area contributed by atoms with E-state index in [9.17, 15) is 9.59 Å². The Balaban J connectivity index is 1.94. The van der Waals surface area contributed by atoms with Gasteiger partial charge in [0.1, 0.15) is 11.9 Å². The number of anilines is 1. The molecule has 1 aliphatic carbocycles. The highest BCUT2D eigenvalue weighted by molar-refractivity contribution is 5.91. The fraction of sp³-hybridized carbons (Fsp3) is 0.556. The van der Waals surface area contributed by atoms with Crippen LogP contribution in [0.4, 0.5) is 5.69 Å². The second-order valence-corrected chi connectivity index (χ2v) is 6.06. The zero-order valence-corrected chi connectivity index (χ0v) is 14.2. The third-order valence-electron chi connectivity index (χ3n) is 4.01. The van der Waals surface area contributed by atoms with Crippen molar-refractivity contribution in [2.45, 2.75) is 51.6 Å². The number of benzene rings is 1. The topological polar surface area (TPSA) is 90.6 Å². The molecule has 0 heterocycles. The average Bonchev–Trinajstić information content (AvgIpc) is 2.60. The molecule has 1 amide bonds. The van der Waals surface area contributed by atoms with Crippen LogP contribution in [-0.4, -0.2) is 31.1 Å². The molecule has 1 aliphatic rings. The molecule has 1 saturated carbocycles. The lowest BCUT2D eigenvalue weighted by Crippen LogP contribution is -2.29. The van der Waals surface area contributed by atoms with E-state index in [4.69, 9.17) is 15.2 Å². The number of nitrogens with one attached hydrogen (secondary N) is 1. The molecular formula is C18H26N2O4. The molecular weight excluding hydrogens is 308 g/mol. The minimum atomic E-state index is -0.373. The van der Waals surface area contributed by atoms with Gasteiger partial charge < -0.3 is 20.5 Å². The fourth-order valence-electron chi connectivity index (χ4n) is 2.65. The van der Waals surface area contributed by atoms with Gasteiger partial charge in [0, 0.05) is 6.54 Å². The minimum Gasteiger partial charge on any atom is -0.482 e. The Morgan fingerprint density at radius 1 is 1.25 bits per heavy atom. The van der Waals surface area contributed by atoms with Gasteiger partial charge in [-0.3, -0.25) is 4.79 Å². The van der Waals surface area contributed by atoms with Crippen LogP contribution in [0.1, 0.15) is 55.8 Å². The highest BCUT2D eigenvalue weighted by Crippen LogP contribution is 2.25. The first-order valence-corrected chi connectivity index (χ1v) is 8.60. The molecule has 0 bridgehead atoms. The van der Waals surface area contributed by atoms with E-state index in [1.807, 2.05) is 6.92 Å². The first-order chi connectivity index (χ1) is 11.6. The standard InChI is InChI=1S/C18H26N2O4/c1-2-10-20-17(21)12-23-16-11-13(8-9-15(16)19)18(22)24-14-6-4-3-5-7-14/h8-9,11,14H,2-7,10,12,19H2,1H3,(H,20,21). The number of hydrogen-bond donors (Lipinski definition) is 2. The molecule has 0 aromatic heterocycles. The van der Waals surface area contributed by atoms with Crippen LogP contribution >= 0.6 is 0 Å². The lowest BCUT2D eigenvalue weighted by Gasteiger charge is -2.22. The normalized spacial score (nSPS) is 14.9. The largest absolute Gasteiger partial charge is 0.482 e. The number of ether oxygens (including phenoxy) is 2. The molecule has 0 unspecified atom stereocenters. The molecule has 6 heteroatoms. The molecule has 2 rings (SSSR count). The van der Waals surface area contributed by atoms with E-state index in [1.54, 1.807) is 12.1 Å². The van der Waals surface area contributed by atoms with Crippen molar-refractivity contribution in [3.63, 3.8) is 0 Å². The molecule has 132 valence electrons. The zero-order chi connectivity index (χ0) is 17.4. The van der Waals surface area contributed by atoms with E-state index >= 15 is 0 Å². The van der Waals surface area contributed by atoms with E-state index in [1.165, 1.54) is 12.5 Å². The summed E-state index contributed by atoms with van der Waals surface area (Å²) < 4.78 is 11.0. The van der Waals surface area contributed by atoms with Crippen LogP contribution in [0.2, 0.25) is 0 Å². The van der Waals surface area contributed by atoms with Gasteiger partial charge in [0.05, 0.1) is 11.3 Å². The number of rotatable bonds is 7. The molecule has 24 heavy (non-hydrogen) atoms. The van der Waals surface area contributed by atoms with Gasteiger partial charge in [-0.05, 0) is 50.3 Å². The summed E-state index contributed by atoms with van der Waals surface area (Å²) in [7, 11) is 0. The summed E-state index contributed by atoms with van der Waals surface area (Å²) in [6.07, 6.45) is 6.09. The number of esters is 1. The summed E-state index contributed by atoms with van der Waals surface area (Å²) in [6, 6.07) is 4.74. The number of hydrogen-bond acceptors (Lipinski definition) is 5. The van der Waals surface area contributed by atoms with Crippen molar-refractivity contribution in [3.8, 4) is 5.75 Å². The summed E-state index contributed by atoms with van der Waals surface area (Å²) in [5.41, 5.74) is 6.62. The Morgan fingerprint density at radius 2 is 2.00 bits per heavy atom. The van der Waals surface area contributed by atoms with E-state index in [2.05, 4.69) is 5.32 Å². The van der Waals surface area contributed by atoms with Crippen molar-refractivity contribution in [3.05, 3.63) is 23.8 Å². The Labute approximate surface area is 142 Å². The molecule has 1 aromatic carbocycles. The predicted molar refractivity (Wildman–Crippen MR) is 91.9 cm³/mol. The lowest BCUT2D eigenvalue weighted by molar-refractivity contribution is -0.123. The molecule has 1 fully saturated rings. The Kier molecular flexibility index (Phi) is 6.90. The fourth-order valence-corrected chi connectivity index (χ4v) is 2.65. The SMILES string of the molecule is CCCNC(=O)COc1cc(C(=O)OC2CCCCC2)ccc1N. The summed E-state index contributed by atoms with van der Waals surface area (Å²) in [4.78, 5) is 23.9. The van der Waals surface area contributed by atoms with Crippen molar-refractivity contribution in [2.75, 3.05) is 18.9 Å². The number of nitrogen functional groups attached to an aromatic ring is 1. The summed E-state index contributed by atoms with van der Waals surface area (Å²) >= 11 is 0. The van der Waals surface area contributed by atoms with Gasteiger partial charge in [-0.1, -0.05) is 13.3 Å². The smallest absolute Gasteiger partial charge is 0.338 e. The highest BCUT2D eigenvalue weighted by atomic mass is 16.5. The van der Waals surface area contributed by atoms with Crippen molar-refractivity contribution >= 4 is 17.6 Å². The van der Waals surface area contributed by atoms with Crippen molar-refractivity contribution < 1.29 is 19.1 Å². The number of amides is 1. The van der Waals surface area contributed by atoms with E-state index in [0.717, 1.165) is 32.1 Å². The monoisotopic (exact) mass is 334 g/mol. The zero-order valence-electron chi connectivity index (χ0n) is 14.2. The van der Waals surface area contributed by atoms with Gasteiger partial charge in [-0.2, -0.15) is 0 Å². The molecule has 6 nitrogen and oxygen atoms in total. The van der Waals surface area contributed by atoms with Crippen LogP contribution in [0.25, 0.3) is 0 Å². The summed E-state index contributed by atoms with van der Waals surface area (Å²) in [5.74, 6) is -0.270. The Morgan fingerprint density at radius 3 is 2.71 bits per heavy atom. The predicted octanol–water partition coefficient (Wildman–Crippen LogP) is 2.66. The Hall–Kier alpha value is -2.24. The van der Waals surface area contributed by atoms with Gasteiger partial charge in [0.15, 0.2) is 6.61 Å². The second-order valence-electron chi connectivity index (χ2n) is 6.06. The van der Waals surface area contributed by atoms with Crippen LogP contribution in [-0.2, 0) is 9.53 Å². The maximum atomic E-state index is 12.3. The van der Waals surface area contributed by atoms with E-state index in [-0.39, 0.29) is 24.6 Å². The molecule has 0 atom stereocenters. The second kappa shape index (κ2) is 9.15. The van der Waals surface area contributed by atoms with Crippen LogP contribution in [0.5, 0.6) is 5.75 Å². The van der Waals surface area contributed by atoms with Crippen molar-refractivity contribution in [1.29, 1.82) is 0 Å². The molecule has 0 radical (unpaired) electrons. The molecule has 0 saturated heterocycles. The minimum absolute atomic E-state index is 0.00649. The van der Waals surface area contributed by atoms with Gasteiger partial charge in [0.2, 0.25) is 0 Å². The lowest BCUT2D eigenvalue weighted by atomic mass is 9.98. The van der Waals surface area contributed by atoms with Gasteiger partial charge in [-0.25, -0.2) is 4.79 Å². The highest BCUT2D eigenvalue weighted by Gasteiger charge is 2.19. The summed E-state index contributed by atoms with van der Waals surface area (Å²) in [6.45, 7) is 2.44. The van der Waals surface area contributed by atoms with E-state index in [0.29, 0.717) is 23.5 Å². The van der Waals surface area contributed by atoms with E-state index < -0.39 is 0 Å². The quantitative estimate of drug-likeness (QED) is 0.591. The first kappa shape index (κ1) is 18.1.